The van der Waals surface area contributed by atoms with Crippen molar-refractivity contribution in [2.45, 2.75) is 51.5 Å². The molecule has 0 unspecified atom stereocenters. The molecule has 0 aliphatic carbocycles. The van der Waals surface area contributed by atoms with Crippen molar-refractivity contribution in [1.29, 1.82) is 0 Å². The van der Waals surface area contributed by atoms with E-state index in [0.717, 1.165) is 0 Å². The van der Waals surface area contributed by atoms with Crippen molar-refractivity contribution in [3.05, 3.63) is 0 Å². The summed E-state index contributed by atoms with van der Waals surface area (Å²) in [4.78, 5) is 23.9. The van der Waals surface area contributed by atoms with Gasteiger partial charge in [-0.3, -0.25) is 0 Å². The Hall–Kier alpha value is -0.706. The van der Waals surface area contributed by atoms with Gasteiger partial charge in [-0.1, -0.05) is 0 Å². The predicted molar refractivity (Wildman–Crippen MR) is 80.5 cm³/mol. The largest absolute Gasteiger partial charge is 0.467 e. The SMILES string of the molecule is COC(=O)[C@@H](O[Si](C)(C)C)[C@H](O[Si](C)(C)C)C(=O)OC. The summed E-state index contributed by atoms with van der Waals surface area (Å²) in [5, 5.41) is 0. The molecule has 0 amide bonds. The van der Waals surface area contributed by atoms with E-state index in [9.17, 15) is 9.59 Å². The second-order valence-corrected chi connectivity index (χ2v) is 15.3. The molecule has 0 bridgehead atoms. The molecule has 0 saturated heterocycles. The number of carbonyl (C=O) groups is 2. The van der Waals surface area contributed by atoms with Gasteiger partial charge in [-0.15, -0.1) is 0 Å². The highest BCUT2D eigenvalue weighted by Gasteiger charge is 2.42. The maximum Gasteiger partial charge on any atom is 0.337 e. The fourth-order valence-electron chi connectivity index (χ4n) is 1.46. The highest BCUT2D eigenvalue weighted by Crippen LogP contribution is 2.19. The maximum absolute atomic E-state index is 11.9. The van der Waals surface area contributed by atoms with E-state index in [0.29, 0.717) is 0 Å². The summed E-state index contributed by atoms with van der Waals surface area (Å²) in [5.41, 5.74) is 0. The van der Waals surface area contributed by atoms with Crippen LogP contribution in [0.2, 0.25) is 39.3 Å². The molecule has 0 radical (unpaired) electrons. The number of rotatable bonds is 7. The van der Waals surface area contributed by atoms with Crippen LogP contribution in [0.1, 0.15) is 0 Å². The quantitative estimate of drug-likeness (QED) is 0.525. The van der Waals surface area contributed by atoms with Crippen molar-refractivity contribution >= 4 is 28.6 Å². The third kappa shape index (κ3) is 7.18. The summed E-state index contributed by atoms with van der Waals surface area (Å²) in [5.74, 6) is -1.25. The van der Waals surface area contributed by atoms with Crippen LogP contribution in [0.4, 0.5) is 0 Å². The first-order valence-electron chi connectivity index (χ1n) is 6.42. The zero-order chi connectivity index (χ0) is 16.1. The van der Waals surface area contributed by atoms with Crippen LogP contribution in [-0.2, 0) is 27.9 Å². The van der Waals surface area contributed by atoms with E-state index in [-0.39, 0.29) is 0 Å². The molecule has 2 atom stereocenters. The van der Waals surface area contributed by atoms with Gasteiger partial charge in [-0.2, -0.15) is 0 Å². The van der Waals surface area contributed by atoms with Crippen molar-refractivity contribution in [3.8, 4) is 0 Å². The average Bonchev–Trinajstić information content (AvgIpc) is 2.29. The van der Waals surface area contributed by atoms with E-state index >= 15 is 0 Å². The smallest absolute Gasteiger partial charge is 0.337 e. The van der Waals surface area contributed by atoms with Gasteiger partial charge >= 0.3 is 11.9 Å². The molecule has 0 aromatic rings. The molecule has 0 aromatic heterocycles. The highest BCUT2D eigenvalue weighted by atomic mass is 28.4. The Labute approximate surface area is 123 Å². The number of methoxy groups -OCH3 is 2. The normalized spacial score (nSPS) is 15.4. The lowest BCUT2D eigenvalue weighted by atomic mass is 10.2. The van der Waals surface area contributed by atoms with Gasteiger partial charge < -0.3 is 18.3 Å². The van der Waals surface area contributed by atoms with Crippen LogP contribution in [0, 0.1) is 0 Å². The van der Waals surface area contributed by atoms with Crippen molar-refractivity contribution < 1.29 is 27.9 Å². The topological polar surface area (TPSA) is 71.1 Å². The zero-order valence-electron chi connectivity index (χ0n) is 13.6. The van der Waals surface area contributed by atoms with Crippen LogP contribution >= 0.6 is 0 Å². The molecule has 0 saturated carbocycles. The molecule has 0 aliphatic heterocycles. The monoisotopic (exact) mass is 322 g/mol. The summed E-state index contributed by atoms with van der Waals surface area (Å²) in [6.07, 6.45) is -2.18. The van der Waals surface area contributed by atoms with Gasteiger partial charge in [0.1, 0.15) is 0 Å². The van der Waals surface area contributed by atoms with Crippen LogP contribution in [0.5, 0.6) is 0 Å². The Morgan fingerprint density at radius 1 is 0.700 bits per heavy atom. The van der Waals surface area contributed by atoms with E-state index < -0.39 is 40.8 Å². The number of ether oxygens (including phenoxy) is 2. The summed E-state index contributed by atoms with van der Waals surface area (Å²) >= 11 is 0. The predicted octanol–water partition coefficient (Wildman–Crippen LogP) is 1.77. The maximum atomic E-state index is 11.9. The molecular weight excluding hydrogens is 296 g/mol. The molecular formula is C12H26O6Si2. The first-order chi connectivity index (χ1) is 8.91. The summed E-state index contributed by atoms with van der Waals surface area (Å²) in [6, 6.07) is 0. The summed E-state index contributed by atoms with van der Waals surface area (Å²) in [7, 11) is -1.63. The molecule has 0 aromatic carbocycles. The van der Waals surface area contributed by atoms with Gasteiger partial charge in [0.25, 0.3) is 0 Å². The zero-order valence-corrected chi connectivity index (χ0v) is 15.6. The van der Waals surface area contributed by atoms with Crippen molar-refractivity contribution in [1.82, 2.24) is 0 Å². The minimum atomic E-state index is -2.07. The molecule has 20 heavy (non-hydrogen) atoms. The summed E-state index contributed by atoms with van der Waals surface area (Å²) in [6.45, 7) is 11.5. The third-order valence-electron chi connectivity index (χ3n) is 2.10. The van der Waals surface area contributed by atoms with Gasteiger partial charge in [0.15, 0.2) is 28.8 Å². The second kappa shape index (κ2) is 7.34. The Morgan fingerprint density at radius 3 is 1.10 bits per heavy atom. The first kappa shape index (κ1) is 19.3. The van der Waals surface area contributed by atoms with Crippen LogP contribution in [0.15, 0.2) is 0 Å². The average molecular weight is 323 g/mol. The minimum Gasteiger partial charge on any atom is -0.467 e. The molecule has 8 heteroatoms. The minimum absolute atomic E-state index is 0.624. The van der Waals surface area contributed by atoms with Crippen LogP contribution in [0.3, 0.4) is 0 Å². The Kier molecular flexibility index (Phi) is 7.09. The Morgan fingerprint density at radius 2 is 0.950 bits per heavy atom. The standard InChI is InChI=1S/C12H26O6Si2/c1-15-11(13)9(17-19(3,4)5)10(12(14)16-2)18-20(6,7)8/h9-10H,1-8H3/t9-,10-/m0/s1. The fourth-order valence-corrected chi connectivity index (χ4v) is 3.42. The van der Waals surface area contributed by atoms with E-state index in [2.05, 4.69) is 0 Å². The number of hydrogen-bond acceptors (Lipinski definition) is 6. The number of carbonyl (C=O) groups excluding carboxylic acids is 2. The molecule has 0 rings (SSSR count). The fraction of sp³-hybridized carbons (Fsp3) is 0.833. The van der Waals surface area contributed by atoms with Crippen LogP contribution in [0.25, 0.3) is 0 Å². The third-order valence-corrected chi connectivity index (χ3v) is 4.03. The molecule has 0 heterocycles. The van der Waals surface area contributed by atoms with E-state index in [1.54, 1.807) is 0 Å². The first-order valence-corrected chi connectivity index (χ1v) is 13.2. The van der Waals surface area contributed by atoms with Crippen LogP contribution < -0.4 is 0 Å². The molecule has 0 aliphatic rings. The van der Waals surface area contributed by atoms with Gasteiger partial charge in [0.2, 0.25) is 0 Å². The van der Waals surface area contributed by atoms with Crippen molar-refractivity contribution in [2.24, 2.45) is 0 Å². The molecule has 6 nitrogen and oxygen atoms in total. The molecule has 118 valence electrons. The van der Waals surface area contributed by atoms with Gasteiger partial charge in [0.05, 0.1) is 14.2 Å². The highest BCUT2D eigenvalue weighted by molar-refractivity contribution is 6.70. The van der Waals surface area contributed by atoms with E-state index in [4.69, 9.17) is 18.3 Å². The Balaban J connectivity index is 5.39. The van der Waals surface area contributed by atoms with E-state index in [1.807, 2.05) is 39.3 Å². The second-order valence-electron chi connectivity index (χ2n) is 6.35. The Bertz CT molecular complexity index is 311. The molecule has 0 spiro atoms. The van der Waals surface area contributed by atoms with Gasteiger partial charge in [-0.25, -0.2) is 9.59 Å². The number of esters is 2. The lowest BCUT2D eigenvalue weighted by molar-refractivity contribution is -0.166. The lowest BCUT2D eigenvalue weighted by Gasteiger charge is -2.32. The lowest BCUT2D eigenvalue weighted by Crippen LogP contribution is -2.52. The van der Waals surface area contributed by atoms with Gasteiger partial charge in [0, 0.05) is 0 Å². The van der Waals surface area contributed by atoms with Crippen LogP contribution in [-0.4, -0.2) is 55.0 Å². The summed E-state index contributed by atoms with van der Waals surface area (Å²) < 4.78 is 21.0. The molecule has 0 fully saturated rings. The van der Waals surface area contributed by atoms with Crippen molar-refractivity contribution in [2.75, 3.05) is 14.2 Å². The number of hydrogen-bond donors (Lipinski definition) is 0. The van der Waals surface area contributed by atoms with Crippen molar-refractivity contribution in [3.63, 3.8) is 0 Å². The molecule has 0 N–H and O–H groups in total. The van der Waals surface area contributed by atoms with E-state index in [1.165, 1.54) is 14.2 Å². The van der Waals surface area contributed by atoms with Gasteiger partial charge in [-0.05, 0) is 39.3 Å².